The summed E-state index contributed by atoms with van der Waals surface area (Å²) in [6, 6.07) is 10.6. The predicted molar refractivity (Wildman–Crippen MR) is 125 cm³/mol. The van der Waals surface area contributed by atoms with Gasteiger partial charge >= 0.3 is 0 Å². The van der Waals surface area contributed by atoms with Gasteiger partial charge in [0.05, 0.1) is 18.4 Å². The molecule has 3 heterocycles. The maximum Gasteiger partial charge on any atom is 0.293 e. The molecule has 174 valence electrons. The van der Waals surface area contributed by atoms with Crippen molar-refractivity contribution in [3.8, 4) is 0 Å². The lowest BCUT2D eigenvalue weighted by Crippen LogP contribution is -2.25. The van der Waals surface area contributed by atoms with Crippen molar-refractivity contribution in [1.82, 2.24) is 19.6 Å². The fourth-order valence-electron chi connectivity index (χ4n) is 4.26. The first kappa shape index (κ1) is 21.7. The zero-order valence-electron chi connectivity index (χ0n) is 18.7. The molecule has 0 saturated carbocycles. The van der Waals surface area contributed by atoms with Crippen molar-refractivity contribution in [2.24, 2.45) is 0 Å². The van der Waals surface area contributed by atoms with E-state index in [0.717, 1.165) is 24.2 Å². The molecule has 1 aliphatic heterocycles. The highest BCUT2D eigenvalue weighted by molar-refractivity contribution is 6.02. The zero-order valence-corrected chi connectivity index (χ0v) is 18.7. The average Bonchev–Trinajstić information content (AvgIpc) is 3.48. The third kappa shape index (κ3) is 4.02. The van der Waals surface area contributed by atoms with Crippen LogP contribution in [0.25, 0.3) is 5.65 Å². The number of aromatic nitrogens is 4. The molecule has 1 aliphatic rings. The quantitative estimate of drug-likeness (QED) is 0.481. The van der Waals surface area contributed by atoms with Crippen LogP contribution >= 0.6 is 0 Å². The highest BCUT2D eigenvalue weighted by Gasteiger charge is 2.30. The summed E-state index contributed by atoms with van der Waals surface area (Å²) < 4.78 is 29.8. The summed E-state index contributed by atoms with van der Waals surface area (Å²) in [6.45, 7) is 0.626. The summed E-state index contributed by atoms with van der Waals surface area (Å²) in [6.07, 6.45) is 4.65. The Bertz CT molecular complexity index is 1350. The van der Waals surface area contributed by atoms with Crippen molar-refractivity contribution in [3.05, 3.63) is 77.9 Å². The molecule has 8 nitrogen and oxygen atoms in total. The van der Waals surface area contributed by atoms with Gasteiger partial charge in [-0.25, -0.2) is 13.8 Å². The molecule has 0 unspecified atom stereocenters. The van der Waals surface area contributed by atoms with Gasteiger partial charge in [0.25, 0.3) is 5.91 Å². The molecule has 1 fully saturated rings. The van der Waals surface area contributed by atoms with Crippen LogP contribution in [0.15, 0.2) is 54.9 Å². The second-order valence-corrected chi connectivity index (χ2v) is 8.41. The average molecular weight is 463 g/mol. The molecular weight excluding hydrogens is 440 g/mol. The van der Waals surface area contributed by atoms with Crippen molar-refractivity contribution < 1.29 is 13.6 Å². The topological polar surface area (TPSA) is 78.7 Å². The van der Waals surface area contributed by atoms with Gasteiger partial charge in [0.15, 0.2) is 5.65 Å². The lowest BCUT2D eigenvalue weighted by molar-refractivity contribution is 0.101. The number of hydrogen-bond donors (Lipinski definition) is 1. The van der Waals surface area contributed by atoms with Gasteiger partial charge in [0, 0.05) is 37.6 Å². The Hall–Kier alpha value is -4.08. The zero-order chi connectivity index (χ0) is 23.8. The molecule has 1 amide bonds. The van der Waals surface area contributed by atoms with Crippen LogP contribution in [0.1, 0.15) is 35.1 Å². The number of amides is 1. The molecular formula is C24H23F2N7O. The first-order valence-electron chi connectivity index (χ1n) is 10.9. The minimum Gasteiger partial charge on any atom is -0.378 e. The number of fused-ring (bicyclic) bond motifs is 1. The molecule has 2 aromatic carbocycles. The number of anilines is 3. The Kier molecular flexibility index (Phi) is 5.56. The fourth-order valence-corrected chi connectivity index (χ4v) is 4.26. The Morgan fingerprint density at radius 1 is 1.12 bits per heavy atom. The van der Waals surface area contributed by atoms with E-state index in [-0.39, 0.29) is 11.9 Å². The van der Waals surface area contributed by atoms with Crippen molar-refractivity contribution in [2.45, 2.75) is 18.9 Å². The second kappa shape index (κ2) is 8.69. The molecule has 0 bridgehead atoms. The molecule has 4 aromatic rings. The number of halogens is 2. The van der Waals surface area contributed by atoms with Crippen LogP contribution < -0.4 is 15.1 Å². The normalized spacial score (nSPS) is 15.6. The number of carbonyl (C=O) groups excluding carboxylic acids is 1. The summed E-state index contributed by atoms with van der Waals surface area (Å²) in [5.74, 6) is -0.727. The van der Waals surface area contributed by atoms with Crippen LogP contribution in [-0.2, 0) is 0 Å². The van der Waals surface area contributed by atoms with Gasteiger partial charge in [-0.3, -0.25) is 9.20 Å². The highest BCUT2D eigenvalue weighted by Crippen LogP contribution is 2.36. The Morgan fingerprint density at radius 3 is 2.68 bits per heavy atom. The first-order valence-corrected chi connectivity index (χ1v) is 10.9. The molecule has 1 atom stereocenters. The summed E-state index contributed by atoms with van der Waals surface area (Å²) in [5.41, 5.74) is 2.34. The SMILES string of the molecule is CN(C)c1ccc(NC(=O)c2nnc3cnc(N4CCC[C@H]4c4cc(F)ccc4F)cn23)cc1. The van der Waals surface area contributed by atoms with Gasteiger partial charge < -0.3 is 15.1 Å². The van der Waals surface area contributed by atoms with Gasteiger partial charge in [-0.15, -0.1) is 10.2 Å². The molecule has 1 saturated heterocycles. The van der Waals surface area contributed by atoms with E-state index >= 15 is 0 Å². The third-order valence-corrected chi connectivity index (χ3v) is 5.99. The van der Waals surface area contributed by atoms with Crippen LogP contribution in [0.4, 0.5) is 26.0 Å². The Balaban J connectivity index is 1.43. The third-order valence-electron chi connectivity index (χ3n) is 5.99. The summed E-state index contributed by atoms with van der Waals surface area (Å²) in [4.78, 5) is 21.3. The van der Waals surface area contributed by atoms with E-state index < -0.39 is 17.5 Å². The monoisotopic (exact) mass is 463 g/mol. The van der Waals surface area contributed by atoms with Crippen molar-refractivity contribution in [3.63, 3.8) is 0 Å². The molecule has 2 aromatic heterocycles. The predicted octanol–water partition coefficient (Wildman–Crippen LogP) is 4.06. The molecule has 10 heteroatoms. The standard InChI is InChI=1S/C24H23F2N7O/c1-31(2)17-8-6-16(7-9-17)28-24(34)23-30-29-21-13-27-22(14-33(21)23)32-11-3-4-20(32)18-12-15(25)5-10-19(18)26/h5-10,12-14,20H,3-4,11H2,1-2H3,(H,28,34)/t20-/m0/s1. The smallest absolute Gasteiger partial charge is 0.293 e. The van der Waals surface area contributed by atoms with Crippen LogP contribution in [0.5, 0.6) is 0 Å². The van der Waals surface area contributed by atoms with E-state index in [1.165, 1.54) is 12.3 Å². The summed E-state index contributed by atoms with van der Waals surface area (Å²) in [5, 5.41) is 10.9. The van der Waals surface area contributed by atoms with Crippen molar-refractivity contribution >= 4 is 28.7 Å². The number of rotatable bonds is 5. The molecule has 0 aliphatic carbocycles. The van der Waals surface area contributed by atoms with Gasteiger partial charge in [0.1, 0.15) is 17.5 Å². The van der Waals surface area contributed by atoms with Crippen LogP contribution in [-0.4, -0.2) is 46.1 Å². The largest absolute Gasteiger partial charge is 0.378 e. The number of hydrogen-bond acceptors (Lipinski definition) is 6. The van der Waals surface area contributed by atoms with Crippen LogP contribution in [0, 0.1) is 11.6 Å². The van der Waals surface area contributed by atoms with Crippen molar-refractivity contribution in [1.29, 1.82) is 0 Å². The molecule has 0 radical (unpaired) electrons. The Morgan fingerprint density at radius 2 is 1.91 bits per heavy atom. The number of nitrogens with one attached hydrogen (secondary N) is 1. The van der Waals surface area contributed by atoms with E-state index in [1.54, 1.807) is 10.6 Å². The maximum atomic E-state index is 14.5. The van der Waals surface area contributed by atoms with Gasteiger partial charge in [0.2, 0.25) is 5.82 Å². The second-order valence-electron chi connectivity index (χ2n) is 8.41. The van der Waals surface area contributed by atoms with Gasteiger partial charge in [-0.2, -0.15) is 0 Å². The van der Waals surface area contributed by atoms with E-state index in [0.29, 0.717) is 35.7 Å². The number of carbonyl (C=O) groups is 1. The fraction of sp³-hybridized carbons (Fsp3) is 0.250. The lowest BCUT2D eigenvalue weighted by atomic mass is 10.0. The Labute approximate surface area is 194 Å². The maximum absolute atomic E-state index is 14.5. The summed E-state index contributed by atoms with van der Waals surface area (Å²) in [7, 11) is 3.88. The number of nitrogens with zero attached hydrogens (tertiary/aromatic N) is 6. The first-order chi connectivity index (χ1) is 16.4. The van der Waals surface area contributed by atoms with E-state index in [9.17, 15) is 13.6 Å². The summed E-state index contributed by atoms with van der Waals surface area (Å²) >= 11 is 0. The van der Waals surface area contributed by atoms with Gasteiger partial charge in [-0.1, -0.05) is 0 Å². The minimum absolute atomic E-state index is 0.100. The molecule has 5 rings (SSSR count). The van der Waals surface area contributed by atoms with Crippen molar-refractivity contribution in [2.75, 3.05) is 35.8 Å². The van der Waals surface area contributed by atoms with E-state index in [1.807, 2.05) is 48.2 Å². The molecule has 34 heavy (non-hydrogen) atoms. The molecule has 0 spiro atoms. The number of benzene rings is 2. The lowest BCUT2D eigenvalue weighted by Gasteiger charge is -2.26. The van der Waals surface area contributed by atoms with E-state index in [2.05, 4.69) is 20.5 Å². The highest BCUT2D eigenvalue weighted by atomic mass is 19.1. The van der Waals surface area contributed by atoms with E-state index in [4.69, 9.17) is 0 Å². The van der Waals surface area contributed by atoms with Gasteiger partial charge in [-0.05, 0) is 55.3 Å². The van der Waals surface area contributed by atoms with Crippen LogP contribution in [0.2, 0.25) is 0 Å². The molecule has 1 N–H and O–H groups in total. The van der Waals surface area contributed by atoms with Crippen LogP contribution in [0.3, 0.4) is 0 Å². The minimum atomic E-state index is -0.483.